The van der Waals surface area contributed by atoms with Crippen molar-refractivity contribution in [2.45, 2.75) is 25.3 Å². The average Bonchev–Trinajstić information content (AvgIpc) is 2.90. The third-order valence-corrected chi connectivity index (χ3v) is 3.64. The minimum absolute atomic E-state index is 0.156. The van der Waals surface area contributed by atoms with Gasteiger partial charge < -0.3 is 9.55 Å². The lowest BCUT2D eigenvalue weighted by atomic mass is 10.2. The van der Waals surface area contributed by atoms with Gasteiger partial charge in [0.1, 0.15) is 6.07 Å². The van der Waals surface area contributed by atoms with E-state index in [1.54, 1.807) is 0 Å². The topological polar surface area (TPSA) is 44.5 Å². The molecule has 1 aliphatic carbocycles. The molecule has 0 bridgehead atoms. The lowest BCUT2D eigenvalue weighted by Crippen LogP contribution is -2.11. The van der Waals surface area contributed by atoms with E-state index in [2.05, 4.69) is 22.5 Å². The van der Waals surface area contributed by atoms with Crippen molar-refractivity contribution in [3.8, 4) is 6.07 Å². The second-order valence-corrected chi connectivity index (χ2v) is 4.96. The normalized spacial score (nSPS) is 17.2. The second kappa shape index (κ2) is 2.96. The number of rotatable bonds is 1. The molecule has 3 nitrogen and oxygen atoms in total. The van der Waals surface area contributed by atoms with E-state index in [1.807, 2.05) is 18.2 Å². The molecule has 0 amide bonds. The Morgan fingerprint density at radius 1 is 1.50 bits per heavy atom. The molecule has 0 saturated heterocycles. The van der Waals surface area contributed by atoms with Crippen LogP contribution in [0.2, 0.25) is 0 Å². The number of aromatic amines is 1. The summed E-state index contributed by atoms with van der Waals surface area (Å²) in [5.41, 5.74) is 2.72. The van der Waals surface area contributed by atoms with Crippen molar-refractivity contribution in [1.82, 2.24) is 9.55 Å². The molecule has 1 heterocycles. The second-order valence-electron chi connectivity index (χ2n) is 4.57. The van der Waals surface area contributed by atoms with E-state index in [-0.39, 0.29) is 5.54 Å². The van der Waals surface area contributed by atoms with E-state index < -0.39 is 0 Å². The highest BCUT2D eigenvalue weighted by atomic mass is 32.1. The maximum absolute atomic E-state index is 9.04. The van der Waals surface area contributed by atoms with Gasteiger partial charge in [0.15, 0.2) is 4.77 Å². The van der Waals surface area contributed by atoms with Crippen molar-refractivity contribution in [1.29, 1.82) is 5.26 Å². The number of fused-ring (bicyclic) bond motifs is 1. The highest BCUT2D eigenvalue weighted by molar-refractivity contribution is 7.71. The SMILES string of the molecule is CC1(n2c(=S)[nH]c3c(C#N)cccc32)CC1. The number of imidazole rings is 1. The van der Waals surface area contributed by atoms with Gasteiger partial charge in [-0.25, -0.2) is 0 Å². The third-order valence-electron chi connectivity index (χ3n) is 3.35. The zero-order valence-corrected chi connectivity index (χ0v) is 9.77. The summed E-state index contributed by atoms with van der Waals surface area (Å²) in [5.74, 6) is 0. The summed E-state index contributed by atoms with van der Waals surface area (Å²) in [4.78, 5) is 3.15. The van der Waals surface area contributed by atoms with E-state index in [4.69, 9.17) is 17.5 Å². The minimum Gasteiger partial charge on any atom is -0.329 e. The number of para-hydroxylation sites is 1. The van der Waals surface area contributed by atoms with Crippen LogP contribution >= 0.6 is 12.2 Å². The Bertz CT molecular complexity index is 668. The number of nitriles is 1. The molecule has 1 fully saturated rings. The summed E-state index contributed by atoms with van der Waals surface area (Å²) in [6.45, 7) is 2.20. The molecule has 0 atom stereocenters. The molecule has 4 heteroatoms. The molecule has 1 aromatic carbocycles. The molecule has 1 aromatic heterocycles. The van der Waals surface area contributed by atoms with Crippen molar-refractivity contribution in [2.75, 3.05) is 0 Å². The zero-order valence-electron chi connectivity index (χ0n) is 8.95. The smallest absolute Gasteiger partial charge is 0.178 e. The van der Waals surface area contributed by atoms with Gasteiger partial charge in [-0.1, -0.05) is 6.07 Å². The van der Waals surface area contributed by atoms with Crippen LogP contribution in [0.25, 0.3) is 11.0 Å². The van der Waals surface area contributed by atoms with Gasteiger partial charge in [-0.3, -0.25) is 0 Å². The van der Waals surface area contributed by atoms with Crippen molar-refractivity contribution in [3.05, 3.63) is 28.5 Å². The predicted octanol–water partition coefficient (Wildman–Crippen LogP) is 3.08. The number of benzene rings is 1. The maximum Gasteiger partial charge on any atom is 0.178 e. The lowest BCUT2D eigenvalue weighted by molar-refractivity contribution is 0.541. The first kappa shape index (κ1) is 9.61. The van der Waals surface area contributed by atoms with Gasteiger partial charge in [-0.05, 0) is 44.1 Å². The molecular weight excluding hydrogens is 218 g/mol. The minimum atomic E-state index is 0.156. The number of H-pyrrole nitrogens is 1. The van der Waals surface area contributed by atoms with Crippen molar-refractivity contribution < 1.29 is 0 Å². The van der Waals surface area contributed by atoms with Crippen LogP contribution in [0, 0.1) is 16.1 Å². The molecule has 0 spiro atoms. The fourth-order valence-corrected chi connectivity index (χ4v) is 2.58. The molecule has 3 rings (SSSR count). The number of nitrogens with zero attached hydrogens (tertiary/aromatic N) is 2. The summed E-state index contributed by atoms with van der Waals surface area (Å²) >= 11 is 5.35. The molecule has 1 N–H and O–H groups in total. The Morgan fingerprint density at radius 3 is 2.88 bits per heavy atom. The maximum atomic E-state index is 9.04. The highest BCUT2D eigenvalue weighted by Crippen LogP contribution is 2.44. The van der Waals surface area contributed by atoms with E-state index >= 15 is 0 Å². The van der Waals surface area contributed by atoms with Crippen LogP contribution in [0.1, 0.15) is 25.3 Å². The van der Waals surface area contributed by atoms with Crippen LogP contribution in [0.4, 0.5) is 0 Å². The fourth-order valence-electron chi connectivity index (χ4n) is 2.16. The van der Waals surface area contributed by atoms with E-state index in [0.717, 1.165) is 28.6 Å². The number of aromatic nitrogens is 2. The first-order valence-corrected chi connectivity index (χ1v) is 5.71. The molecule has 2 aromatic rings. The van der Waals surface area contributed by atoms with Crippen LogP contribution in [-0.2, 0) is 5.54 Å². The standard InChI is InChI=1S/C12H11N3S/c1-12(5-6-12)15-9-4-2-3-8(7-13)10(9)14-11(15)16/h2-4H,5-6H2,1H3,(H,14,16). The van der Waals surface area contributed by atoms with Gasteiger partial charge in [-0.2, -0.15) is 5.26 Å². The number of hydrogen-bond donors (Lipinski definition) is 1. The van der Waals surface area contributed by atoms with Gasteiger partial charge >= 0.3 is 0 Å². The summed E-state index contributed by atoms with van der Waals surface area (Å²) in [6, 6.07) is 7.93. The lowest BCUT2D eigenvalue weighted by Gasteiger charge is -2.11. The van der Waals surface area contributed by atoms with Crippen molar-refractivity contribution in [3.63, 3.8) is 0 Å². The quantitative estimate of drug-likeness (QED) is 0.764. The van der Waals surface area contributed by atoms with Crippen molar-refractivity contribution >= 4 is 23.3 Å². The van der Waals surface area contributed by atoms with Crippen molar-refractivity contribution in [2.24, 2.45) is 0 Å². The van der Waals surface area contributed by atoms with Gasteiger partial charge in [0.2, 0.25) is 0 Å². The number of nitrogens with one attached hydrogen (secondary N) is 1. The molecule has 80 valence electrons. The van der Waals surface area contributed by atoms with E-state index in [0.29, 0.717) is 5.56 Å². The Labute approximate surface area is 98.3 Å². The van der Waals surface area contributed by atoms with Crippen LogP contribution in [-0.4, -0.2) is 9.55 Å². The van der Waals surface area contributed by atoms with E-state index in [9.17, 15) is 0 Å². The fraction of sp³-hybridized carbons (Fsp3) is 0.333. The van der Waals surface area contributed by atoms with E-state index in [1.165, 1.54) is 0 Å². The Morgan fingerprint density at radius 2 is 2.25 bits per heavy atom. The summed E-state index contributed by atoms with van der Waals surface area (Å²) in [7, 11) is 0. The molecule has 0 radical (unpaired) electrons. The monoisotopic (exact) mass is 229 g/mol. The largest absolute Gasteiger partial charge is 0.329 e. The summed E-state index contributed by atoms with van der Waals surface area (Å²) in [5, 5.41) is 9.04. The zero-order chi connectivity index (χ0) is 11.3. The summed E-state index contributed by atoms with van der Waals surface area (Å²) < 4.78 is 2.87. The molecule has 1 aliphatic rings. The first-order valence-electron chi connectivity index (χ1n) is 5.30. The third kappa shape index (κ3) is 1.15. The Balaban J connectivity index is 2.43. The van der Waals surface area contributed by atoms with Gasteiger partial charge in [0.25, 0.3) is 0 Å². The van der Waals surface area contributed by atoms with Gasteiger partial charge in [0.05, 0.1) is 16.6 Å². The van der Waals surface area contributed by atoms with Gasteiger partial charge in [0, 0.05) is 5.54 Å². The van der Waals surface area contributed by atoms with Crippen LogP contribution in [0.3, 0.4) is 0 Å². The van der Waals surface area contributed by atoms with Gasteiger partial charge in [-0.15, -0.1) is 0 Å². The molecule has 1 saturated carbocycles. The highest BCUT2D eigenvalue weighted by Gasteiger charge is 2.40. The van der Waals surface area contributed by atoms with Crippen LogP contribution < -0.4 is 0 Å². The first-order chi connectivity index (χ1) is 7.65. The molecule has 16 heavy (non-hydrogen) atoms. The molecule has 0 unspecified atom stereocenters. The predicted molar refractivity (Wildman–Crippen MR) is 64.7 cm³/mol. The van der Waals surface area contributed by atoms with Crippen LogP contribution in [0.15, 0.2) is 18.2 Å². The molecule has 0 aliphatic heterocycles. The van der Waals surface area contributed by atoms with Crippen LogP contribution in [0.5, 0.6) is 0 Å². The average molecular weight is 229 g/mol. The molecular formula is C12H11N3S. The Kier molecular flexibility index (Phi) is 1.78. The Hall–Kier alpha value is -1.60. The number of hydrogen-bond acceptors (Lipinski definition) is 2. The summed E-state index contributed by atoms with van der Waals surface area (Å²) in [6.07, 6.45) is 2.32.